The van der Waals surface area contributed by atoms with Crippen molar-refractivity contribution in [1.82, 2.24) is 15.5 Å². The van der Waals surface area contributed by atoms with Crippen LogP contribution in [0.1, 0.15) is 30.5 Å². The minimum absolute atomic E-state index is 0.166. The number of hydrogen-bond donors (Lipinski definition) is 3. The molecule has 1 aromatic heterocycles. The molecule has 0 saturated heterocycles. The fraction of sp³-hybridized carbons (Fsp3) is 0.636. The van der Waals surface area contributed by atoms with Gasteiger partial charge in [-0.15, -0.1) is 0 Å². The van der Waals surface area contributed by atoms with Gasteiger partial charge in [0.05, 0.1) is 18.2 Å². The van der Waals surface area contributed by atoms with Gasteiger partial charge >= 0.3 is 6.18 Å². The molecule has 2 rings (SSSR count). The number of carbonyl (C=O) groups excluding carboxylic acids is 1. The number of halogens is 3. The molecule has 1 aromatic rings. The van der Waals surface area contributed by atoms with E-state index in [1.54, 1.807) is 0 Å². The molecule has 0 fully saturated rings. The second-order valence-electron chi connectivity index (χ2n) is 4.83. The molecule has 1 heterocycles. The molecule has 1 amide bonds. The fourth-order valence-electron chi connectivity index (χ4n) is 2.28. The summed E-state index contributed by atoms with van der Waals surface area (Å²) in [6.45, 7) is 1.49. The summed E-state index contributed by atoms with van der Waals surface area (Å²) < 4.78 is 39.0. The topological polar surface area (TPSA) is 83.8 Å². The van der Waals surface area contributed by atoms with Gasteiger partial charge in [-0.3, -0.25) is 9.89 Å². The molecule has 0 saturated carbocycles. The maximum Gasteiger partial charge on any atom is 0.395 e. The Labute approximate surface area is 107 Å². The van der Waals surface area contributed by atoms with Crippen LogP contribution in [0, 0.1) is 0 Å². The number of rotatable bonds is 2. The van der Waals surface area contributed by atoms with Crippen LogP contribution in [-0.4, -0.2) is 34.4 Å². The molecule has 4 N–H and O–H groups in total. The van der Waals surface area contributed by atoms with E-state index in [1.807, 2.05) is 0 Å². The number of alkyl halides is 3. The van der Waals surface area contributed by atoms with Crippen LogP contribution in [0.5, 0.6) is 0 Å². The van der Waals surface area contributed by atoms with E-state index in [9.17, 15) is 18.0 Å². The van der Waals surface area contributed by atoms with Gasteiger partial charge < -0.3 is 11.1 Å². The zero-order chi connectivity index (χ0) is 14.2. The summed E-state index contributed by atoms with van der Waals surface area (Å²) in [6.07, 6.45) is -3.03. The normalized spacial score (nSPS) is 24.7. The standard InChI is InChI=1S/C11H15F3N4O/c1-5(15)10(19)17-6-2-8(11(12,13)14)7-4-16-18-9(7)3-6/h4-6,8H,2-3,15H2,1H3,(H,16,18)(H,17,19). The number of fused-ring (bicyclic) bond motifs is 1. The van der Waals surface area contributed by atoms with E-state index in [4.69, 9.17) is 5.73 Å². The molecule has 3 unspecified atom stereocenters. The summed E-state index contributed by atoms with van der Waals surface area (Å²) in [5, 5.41) is 8.75. The van der Waals surface area contributed by atoms with Crippen LogP contribution in [0.25, 0.3) is 0 Å². The Kier molecular flexibility index (Phi) is 3.53. The first-order chi connectivity index (χ1) is 8.79. The van der Waals surface area contributed by atoms with Crippen LogP contribution in [0.2, 0.25) is 0 Å². The van der Waals surface area contributed by atoms with Crippen molar-refractivity contribution in [3.8, 4) is 0 Å². The number of amides is 1. The van der Waals surface area contributed by atoms with E-state index in [2.05, 4.69) is 15.5 Å². The van der Waals surface area contributed by atoms with Crippen LogP contribution >= 0.6 is 0 Å². The van der Waals surface area contributed by atoms with E-state index in [1.165, 1.54) is 13.1 Å². The van der Waals surface area contributed by atoms with Gasteiger partial charge in [0, 0.05) is 23.7 Å². The highest BCUT2D eigenvalue weighted by Crippen LogP contribution is 2.42. The zero-order valence-electron chi connectivity index (χ0n) is 10.3. The highest BCUT2D eigenvalue weighted by Gasteiger charge is 2.46. The quantitative estimate of drug-likeness (QED) is 0.748. The number of H-pyrrole nitrogens is 1. The second-order valence-corrected chi connectivity index (χ2v) is 4.83. The predicted octanol–water partition coefficient (Wildman–Crippen LogP) is 0.834. The summed E-state index contributed by atoms with van der Waals surface area (Å²) in [5.74, 6) is -2.05. The van der Waals surface area contributed by atoms with Gasteiger partial charge in [0.15, 0.2) is 0 Å². The third kappa shape index (κ3) is 2.89. The van der Waals surface area contributed by atoms with Crippen LogP contribution in [0.15, 0.2) is 6.20 Å². The van der Waals surface area contributed by atoms with Crippen LogP contribution in [-0.2, 0) is 11.2 Å². The average Bonchev–Trinajstić information content (AvgIpc) is 2.74. The Balaban J connectivity index is 2.18. The van der Waals surface area contributed by atoms with Crippen molar-refractivity contribution in [2.75, 3.05) is 0 Å². The molecule has 1 aliphatic rings. The van der Waals surface area contributed by atoms with Crippen molar-refractivity contribution in [2.24, 2.45) is 5.73 Å². The van der Waals surface area contributed by atoms with Crippen molar-refractivity contribution >= 4 is 5.91 Å². The van der Waals surface area contributed by atoms with Crippen molar-refractivity contribution in [2.45, 2.75) is 43.9 Å². The van der Waals surface area contributed by atoms with Crippen molar-refractivity contribution < 1.29 is 18.0 Å². The minimum Gasteiger partial charge on any atom is -0.352 e. The molecule has 0 radical (unpaired) electrons. The molecular formula is C11H15F3N4O. The lowest BCUT2D eigenvalue weighted by Crippen LogP contribution is -2.47. The Morgan fingerprint density at radius 1 is 1.63 bits per heavy atom. The number of nitrogens with one attached hydrogen (secondary N) is 2. The number of aromatic amines is 1. The first kappa shape index (κ1) is 13.9. The molecular weight excluding hydrogens is 261 g/mol. The van der Waals surface area contributed by atoms with Gasteiger partial charge in [0.25, 0.3) is 0 Å². The highest BCUT2D eigenvalue weighted by molar-refractivity contribution is 5.81. The zero-order valence-corrected chi connectivity index (χ0v) is 10.3. The van der Waals surface area contributed by atoms with Crippen LogP contribution in [0.3, 0.4) is 0 Å². The molecule has 0 aliphatic heterocycles. The van der Waals surface area contributed by atoms with E-state index in [-0.39, 0.29) is 12.0 Å². The molecule has 106 valence electrons. The summed E-state index contributed by atoms with van der Waals surface area (Å²) in [6, 6.07) is -1.33. The largest absolute Gasteiger partial charge is 0.395 e. The molecule has 0 spiro atoms. The summed E-state index contributed by atoms with van der Waals surface area (Å²) in [4.78, 5) is 11.5. The van der Waals surface area contributed by atoms with E-state index in [0.717, 1.165) is 0 Å². The van der Waals surface area contributed by atoms with Crippen LogP contribution < -0.4 is 11.1 Å². The lowest BCUT2D eigenvalue weighted by atomic mass is 9.83. The average molecular weight is 276 g/mol. The lowest BCUT2D eigenvalue weighted by Gasteiger charge is -2.31. The van der Waals surface area contributed by atoms with E-state index in [0.29, 0.717) is 12.1 Å². The monoisotopic (exact) mass is 276 g/mol. The predicted molar refractivity (Wildman–Crippen MR) is 61.3 cm³/mol. The van der Waals surface area contributed by atoms with Gasteiger partial charge in [0.1, 0.15) is 0 Å². The third-order valence-corrected chi connectivity index (χ3v) is 3.25. The van der Waals surface area contributed by atoms with Gasteiger partial charge in [0.2, 0.25) is 5.91 Å². The Hall–Kier alpha value is -1.57. The van der Waals surface area contributed by atoms with Crippen molar-refractivity contribution in [3.63, 3.8) is 0 Å². The molecule has 19 heavy (non-hydrogen) atoms. The SMILES string of the molecule is CC(N)C(=O)NC1Cc2[nH]ncc2C(C(F)(F)F)C1. The number of hydrogen-bond acceptors (Lipinski definition) is 3. The Morgan fingerprint density at radius 3 is 2.89 bits per heavy atom. The summed E-state index contributed by atoms with van der Waals surface area (Å²) >= 11 is 0. The van der Waals surface area contributed by atoms with Gasteiger partial charge in [-0.25, -0.2) is 0 Å². The highest BCUT2D eigenvalue weighted by atomic mass is 19.4. The maximum absolute atomic E-state index is 13.0. The summed E-state index contributed by atoms with van der Waals surface area (Å²) in [5.41, 5.74) is 5.98. The molecule has 3 atom stereocenters. The van der Waals surface area contributed by atoms with Gasteiger partial charge in [-0.2, -0.15) is 18.3 Å². The molecule has 0 bridgehead atoms. The van der Waals surface area contributed by atoms with Crippen LogP contribution in [0.4, 0.5) is 13.2 Å². The number of nitrogens with two attached hydrogens (primary N) is 1. The number of carbonyl (C=O) groups is 1. The smallest absolute Gasteiger partial charge is 0.352 e. The van der Waals surface area contributed by atoms with Crippen molar-refractivity contribution in [3.05, 3.63) is 17.5 Å². The van der Waals surface area contributed by atoms with Gasteiger partial charge in [-0.1, -0.05) is 0 Å². The summed E-state index contributed by atoms with van der Waals surface area (Å²) in [7, 11) is 0. The molecule has 0 aromatic carbocycles. The number of aromatic nitrogens is 2. The first-order valence-corrected chi connectivity index (χ1v) is 5.94. The van der Waals surface area contributed by atoms with Crippen molar-refractivity contribution in [1.29, 1.82) is 0 Å². The Morgan fingerprint density at radius 2 is 2.32 bits per heavy atom. The lowest BCUT2D eigenvalue weighted by molar-refractivity contribution is -0.155. The molecule has 5 nitrogen and oxygen atoms in total. The third-order valence-electron chi connectivity index (χ3n) is 3.25. The maximum atomic E-state index is 13.0. The first-order valence-electron chi connectivity index (χ1n) is 5.94. The molecule has 8 heteroatoms. The second kappa shape index (κ2) is 4.84. The Bertz CT molecular complexity index is 469. The molecule has 1 aliphatic carbocycles. The minimum atomic E-state index is -4.35. The fourth-order valence-corrected chi connectivity index (χ4v) is 2.28. The van der Waals surface area contributed by atoms with E-state index >= 15 is 0 Å². The number of nitrogens with zero attached hydrogens (tertiary/aromatic N) is 1. The van der Waals surface area contributed by atoms with Gasteiger partial charge in [-0.05, 0) is 13.3 Å². The van der Waals surface area contributed by atoms with E-state index < -0.39 is 30.1 Å².